The Bertz CT molecular complexity index is 405. The van der Waals surface area contributed by atoms with E-state index < -0.39 is 0 Å². The smallest absolute Gasteiger partial charge is 0.0231 e. The van der Waals surface area contributed by atoms with Crippen molar-refractivity contribution in [3.05, 3.63) is 35.4 Å². The van der Waals surface area contributed by atoms with E-state index in [0.29, 0.717) is 0 Å². The average molecular weight is 273 g/mol. The highest BCUT2D eigenvalue weighted by Gasteiger charge is 2.22. The minimum absolute atomic E-state index is 0.870. The molecule has 2 aliphatic rings. The molecule has 0 aromatic heterocycles. The van der Waals surface area contributed by atoms with E-state index in [1.54, 1.807) is 0 Å². The van der Waals surface area contributed by atoms with E-state index in [4.69, 9.17) is 0 Å². The molecule has 1 saturated heterocycles. The van der Waals surface area contributed by atoms with E-state index in [1.165, 1.54) is 43.6 Å². The minimum atomic E-state index is 0.870. The van der Waals surface area contributed by atoms with Crippen molar-refractivity contribution in [2.45, 2.75) is 25.3 Å². The molecule has 0 amide bonds. The lowest BCUT2D eigenvalue weighted by Crippen LogP contribution is -2.45. The van der Waals surface area contributed by atoms with Gasteiger partial charge in [-0.05, 0) is 36.9 Å². The second-order valence-electron chi connectivity index (χ2n) is 6.35. The third-order valence-electron chi connectivity index (χ3n) is 4.49. The van der Waals surface area contributed by atoms with Crippen LogP contribution in [0.15, 0.2) is 24.3 Å². The molecule has 0 atom stereocenters. The summed E-state index contributed by atoms with van der Waals surface area (Å²) in [5.74, 6) is 0.870. The number of nitrogens with one attached hydrogen (secondary N) is 1. The first-order valence-electron chi connectivity index (χ1n) is 8.02. The normalized spacial score (nSPS) is 20.5. The summed E-state index contributed by atoms with van der Waals surface area (Å²) in [5.41, 5.74) is 2.98. The lowest BCUT2D eigenvalue weighted by atomic mass is 10.1. The van der Waals surface area contributed by atoms with Gasteiger partial charge in [0.15, 0.2) is 0 Å². The van der Waals surface area contributed by atoms with Crippen molar-refractivity contribution >= 4 is 0 Å². The summed E-state index contributed by atoms with van der Waals surface area (Å²) >= 11 is 0. The Balaban J connectivity index is 1.41. The van der Waals surface area contributed by atoms with E-state index in [1.807, 2.05) is 0 Å². The molecule has 1 aromatic rings. The fraction of sp³-hybridized carbons (Fsp3) is 0.647. The number of likely N-dealkylation sites (N-methyl/N-ethyl adjacent to an activating group) is 1. The summed E-state index contributed by atoms with van der Waals surface area (Å²) in [5, 5.41) is 3.41. The molecule has 3 nitrogen and oxygen atoms in total. The van der Waals surface area contributed by atoms with Gasteiger partial charge in [0.1, 0.15) is 0 Å². The SMILES string of the molecule is CN(CCN1CCNCC1)Cc1ccc(C2CC2)cc1. The molecule has 1 aliphatic carbocycles. The van der Waals surface area contributed by atoms with E-state index >= 15 is 0 Å². The second-order valence-corrected chi connectivity index (χ2v) is 6.35. The van der Waals surface area contributed by atoms with Crippen LogP contribution in [0.4, 0.5) is 0 Å². The van der Waals surface area contributed by atoms with Crippen molar-refractivity contribution in [1.82, 2.24) is 15.1 Å². The van der Waals surface area contributed by atoms with Gasteiger partial charge in [0.25, 0.3) is 0 Å². The van der Waals surface area contributed by atoms with Crippen LogP contribution in [0.2, 0.25) is 0 Å². The largest absolute Gasteiger partial charge is 0.314 e. The fourth-order valence-corrected chi connectivity index (χ4v) is 2.95. The molecule has 2 fully saturated rings. The van der Waals surface area contributed by atoms with Gasteiger partial charge in [-0.1, -0.05) is 24.3 Å². The van der Waals surface area contributed by atoms with Crippen LogP contribution in [0.1, 0.15) is 29.9 Å². The van der Waals surface area contributed by atoms with Gasteiger partial charge >= 0.3 is 0 Å². The molecule has 1 saturated carbocycles. The van der Waals surface area contributed by atoms with E-state index in [2.05, 4.69) is 46.4 Å². The third-order valence-corrected chi connectivity index (χ3v) is 4.49. The lowest BCUT2D eigenvalue weighted by molar-refractivity contribution is 0.202. The molecule has 20 heavy (non-hydrogen) atoms. The van der Waals surface area contributed by atoms with Crippen molar-refractivity contribution in [3.63, 3.8) is 0 Å². The maximum atomic E-state index is 3.41. The average Bonchev–Trinajstić information content (AvgIpc) is 3.32. The summed E-state index contributed by atoms with van der Waals surface area (Å²) < 4.78 is 0. The molecule has 0 bridgehead atoms. The zero-order valence-corrected chi connectivity index (χ0v) is 12.6. The number of benzene rings is 1. The summed E-state index contributed by atoms with van der Waals surface area (Å²) in [7, 11) is 2.23. The van der Waals surface area contributed by atoms with Crippen molar-refractivity contribution in [1.29, 1.82) is 0 Å². The molecule has 0 unspecified atom stereocenters. The zero-order chi connectivity index (χ0) is 13.8. The predicted molar refractivity (Wildman–Crippen MR) is 84.1 cm³/mol. The Hall–Kier alpha value is -0.900. The number of nitrogens with zero attached hydrogens (tertiary/aromatic N) is 2. The highest BCUT2D eigenvalue weighted by molar-refractivity contribution is 5.27. The van der Waals surface area contributed by atoms with E-state index in [0.717, 1.165) is 32.1 Å². The quantitative estimate of drug-likeness (QED) is 0.854. The summed E-state index contributed by atoms with van der Waals surface area (Å²) in [6.45, 7) is 8.10. The fourth-order valence-electron chi connectivity index (χ4n) is 2.95. The summed E-state index contributed by atoms with van der Waals surface area (Å²) in [4.78, 5) is 5.00. The van der Waals surface area contributed by atoms with Gasteiger partial charge in [-0.25, -0.2) is 0 Å². The molecule has 1 heterocycles. The molecule has 1 aliphatic heterocycles. The maximum absolute atomic E-state index is 3.41. The first kappa shape index (κ1) is 14.1. The molecule has 3 heteroatoms. The first-order valence-corrected chi connectivity index (χ1v) is 8.02. The molecule has 110 valence electrons. The Morgan fingerprint density at radius 2 is 1.85 bits per heavy atom. The van der Waals surface area contributed by atoms with Crippen LogP contribution < -0.4 is 5.32 Å². The molecule has 0 radical (unpaired) electrons. The molecule has 3 rings (SSSR count). The molecule has 0 spiro atoms. The first-order chi connectivity index (χ1) is 9.81. The van der Waals surface area contributed by atoms with Crippen LogP contribution in [0.5, 0.6) is 0 Å². The summed E-state index contributed by atoms with van der Waals surface area (Å²) in [6.07, 6.45) is 2.79. The molecule has 1 aromatic carbocycles. The zero-order valence-electron chi connectivity index (χ0n) is 12.6. The van der Waals surface area contributed by atoms with Gasteiger partial charge in [0.2, 0.25) is 0 Å². The van der Waals surface area contributed by atoms with Gasteiger partial charge in [-0.15, -0.1) is 0 Å². The van der Waals surface area contributed by atoms with Gasteiger partial charge < -0.3 is 10.2 Å². The molecular formula is C17H27N3. The van der Waals surface area contributed by atoms with Crippen molar-refractivity contribution in [2.24, 2.45) is 0 Å². The number of hydrogen-bond donors (Lipinski definition) is 1. The summed E-state index contributed by atoms with van der Waals surface area (Å²) in [6, 6.07) is 9.29. The van der Waals surface area contributed by atoms with Gasteiger partial charge in [0.05, 0.1) is 0 Å². The van der Waals surface area contributed by atoms with Crippen LogP contribution in [0, 0.1) is 0 Å². The van der Waals surface area contributed by atoms with Crippen LogP contribution in [0.25, 0.3) is 0 Å². The molecular weight excluding hydrogens is 246 g/mol. The Kier molecular flexibility index (Phi) is 4.71. The highest BCUT2D eigenvalue weighted by Crippen LogP contribution is 2.39. The second kappa shape index (κ2) is 6.70. The van der Waals surface area contributed by atoms with Crippen molar-refractivity contribution in [2.75, 3.05) is 46.3 Å². The minimum Gasteiger partial charge on any atom is -0.314 e. The van der Waals surface area contributed by atoms with Crippen molar-refractivity contribution in [3.8, 4) is 0 Å². The Morgan fingerprint density at radius 3 is 2.50 bits per heavy atom. The lowest BCUT2D eigenvalue weighted by Gasteiger charge is -2.29. The Morgan fingerprint density at radius 1 is 1.15 bits per heavy atom. The van der Waals surface area contributed by atoms with Crippen molar-refractivity contribution < 1.29 is 0 Å². The van der Waals surface area contributed by atoms with Gasteiger partial charge in [-0.3, -0.25) is 4.90 Å². The van der Waals surface area contributed by atoms with Crippen LogP contribution >= 0.6 is 0 Å². The van der Waals surface area contributed by atoms with E-state index in [-0.39, 0.29) is 0 Å². The number of rotatable bonds is 6. The number of piperazine rings is 1. The topological polar surface area (TPSA) is 18.5 Å². The Labute approximate surface area is 123 Å². The number of hydrogen-bond acceptors (Lipinski definition) is 3. The van der Waals surface area contributed by atoms with Crippen LogP contribution in [0.3, 0.4) is 0 Å². The van der Waals surface area contributed by atoms with Crippen LogP contribution in [-0.4, -0.2) is 56.1 Å². The predicted octanol–water partition coefficient (Wildman–Crippen LogP) is 1.90. The maximum Gasteiger partial charge on any atom is 0.0231 e. The van der Waals surface area contributed by atoms with Crippen LogP contribution in [-0.2, 0) is 6.54 Å². The molecule has 1 N–H and O–H groups in total. The van der Waals surface area contributed by atoms with Gasteiger partial charge in [0, 0.05) is 45.8 Å². The van der Waals surface area contributed by atoms with Gasteiger partial charge in [-0.2, -0.15) is 0 Å². The third kappa shape index (κ3) is 4.05. The van der Waals surface area contributed by atoms with E-state index in [9.17, 15) is 0 Å². The monoisotopic (exact) mass is 273 g/mol. The standard InChI is InChI=1S/C17H27N3/c1-19(12-13-20-10-8-18-9-11-20)14-15-2-4-16(5-3-15)17-6-7-17/h2-5,17-18H,6-14H2,1H3. The highest BCUT2D eigenvalue weighted by atomic mass is 15.2.